The number of allylic oxidation sites excluding steroid dienone is 1. The highest BCUT2D eigenvalue weighted by Crippen LogP contribution is 2.29. The average Bonchev–Trinajstić information content (AvgIpc) is 2.73. The van der Waals surface area contributed by atoms with Crippen molar-refractivity contribution >= 4 is 5.97 Å². The summed E-state index contributed by atoms with van der Waals surface area (Å²) in [4.78, 5) is 11.2. The highest BCUT2D eigenvalue weighted by atomic mass is 16.7. The molecule has 2 fully saturated rings. The Kier molecular flexibility index (Phi) is 14.9. The molecule has 7 unspecified atom stereocenters. The number of rotatable bonds is 6. The van der Waals surface area contributed by atoms with Crippen molar-refractivity contribution in [3.8, 4) is 0 Å². The standard InChI is InChI=1S/C16H27NO10.2C3H8/c1-5(2)17-8-6(3)25-7(4-18)9(19)13(8)26-16-12(22)10(20)11(21)14(27-16)15(23)24;2*1-3-2/h6-14,16-22H,1,4H2,2-3H3,(H,23,24);2*3H2,1-2H3/t6?,7?,8-,9?,10+,11?,12+,13?,14?,16?;;/m1../s1. The number of nitrogens with one attached hydrogen (secondary N) is 1. The van der Waals surface area contributed by atoms with E-state index in [1.807, 2.05) is 0 Å². The lowest BCUT2D eigenvalue weighted by Crippen LogP contribution is -2.66. The summed E-state index contributed by atoms with van der Waals surface area (Å²) >= 11 is 0. The second-order valence-corrected chi connectivity index (χ2v) is 8.25. The molecule has 33 heavy (non-hydrogen) atoms. The minimum absolute atomic E-state index is 0.502. The van der Waals surface area contributed by atoms with Crippen molar-refractivity contribution in [2.75, 3.05) is 6.61 Å². The van der Waals surface area contributed by atoms with Gasteiger partial charge in [0.1, 0.15) is 36.6 Å². The zero-order valence-corrected chi connectivity index (χ0v) is 20.4. The summed E-state index contributed by atoms with van der Waals surface area (Å²) in [5.74, 6) is -1.55. The third kappa shape index (κ3) is 9.10. The quantitative estimate of drug-likeness (QED) is 0.265. The molecule has 7 N–H and O–H groups in total. The Labute approximate surface area is 196 Å². The van der Waals surface area contributed by atoms with E-state index in [9.17, 15) is 30.3 Å². The maximum atomic E-state index is 11.2. The summed E-state index contributed by atoms with van der Waals surface area (Å²) in [6.07, 6.45) is -10.4. The van der Waals surface area contributed by atoms with Gasteiger partial charge in [-0.3, -0.25) is 0 Å². The first-order chi connectivity index (χ1) is 15.4. The van der Waals surface area contributed by atoms with E-state index in [2.05, 4.69) is 39.6 Å². The fourth-order valence-electron chi connectivity index (χ4n) is 3.25. The lowest BCUT2D eigenvalue weighted by atomic mass is 9.92. The third-order valence-electron chi connectivity index (χ3n) is 4.66. The first-order valence-corrected chi connectivity index (χ1v) is 11.4. The van der Waals surface area contributed by atoms with Crippen LogP contribution in [0.4, 0.5) is 0 Å². The van der Waals surface area contributed by atoms with Crippen molar-refractivity contribution in [3.05, 3.63) is 12.3 Å². The number of carbonyl (C=O) groups is 1. The molecule has 0 radical (unpaired) electrons. The van der Waals surface area contributed by atoms with E-state index >= 15 is 0 Å². The maximum absolute atomic E-state index is 11.2. The smallest absolute Gasteiger partial charge is 0.335 e. The van der Waals surface area contributed by atoms with Crippen molar-refractivity contribution in [1.29, 1.82) is 0 Å². The zero-order valence-electron chi connectivity index (χ0n) is 20.4. The zero-order chi connectivity index (χ0) is 25.9. The Morgan fingerprint density at radius 2 is 1.48 bits per heavy atom. The molecule has 0 bridgehead atoms. The fourth-order valence-corrected chi connectivity index (χ4v) is 3.25. The van der Waals surface area contributed by atoms with E-state index in [4.69, 9.17) is 19.3 Å². The molecule has 196 valence electrons. The summed E-state index contributed by atoms with van der Waals surface area (Å²) in [6.45, 7) is 15.1. The number of aliphatic carboxylic acids is 1. The first-order valence-electron chi connectivity index (χ1n) is 11.4. The van der Waals surface area contributed by atoms with Crippen LogP contribution in [0, 0.1) is 0 Å². The predicted octanol–water partition coefficient (Wildman–Crippen LogP) is -0.271. The number of aliphatic hydroxyl groups is 5. The van der Waals surface area contributed by atoms with Crippen LogP contribution >= 0.6 is 0 Å². The van der Waals surface area contributed by atoms with Gasteiger partial charge in [-0.05, 0) is 13.8 Å². The third-order valence-corrected chi connectivity index (χ3v) is 4.66. The molecular formula is C22H43NO10. The van der Waals surface area contributed by atoms with Crippen molar-refractivity contribution < 1.29 is 49.6 Å². The monoisotopic (exact) mass is 481 g/mol. The van der Waals surface area contributed by atoms with Crippen LogP contribution < -0.4 is 5.32 Å². The lowest BCUT2D eigenvalue weighted by Gasteiger charge is -2.47. The second kappa shape index (κ2) is 15.6. The van der Waals surface area contributed by atoms with E-state index in [1.165, 1.54) is 12.8 Å². The van der Waals surface area contributed by atoms with Crippen molar-refractivity contribution in [1.82, 2.24) is 5.32 Å². The molecule has 2 rings (SSSR count). The molecular weight excluding hydrogens is 438 g/mol. The van der Waals surface area contributed by atoms with Crippen molar-refractivity contribution in [2.24, 2.45) is 0 Å². The van der Waals surface area contributed by atoms with Crippen LogP contribution in [0.3, 0.4) is 0 Å². The lowest BCUT2D eigenvalue weighted by molar-refractivity contribution is -0.325. The van der Waals surface area contributed by atoms with Gasteiger partial charge in [-0.1, -0.05) is 47.1 Å². The Morgan fingerprint density at radius 1 is 0.970 bits per heavy atom. The van der Waals surface area contributed by atoms with E-state index in [0.717, 1.165) is 0 Å². The molecule has 11 heteroatoms. The van der Waals surface area contributed by atoms with Crippen LogP contribution in [0.15, 0.2) is 12.3 Å². The Morgan fingerprint density at radius 3 is 1.91 bits per heavy atom. The van der Waals surface area contributed by atoms with Gasteiger partial charge in [-0.25, -0.2) is 4.79 Å². The van der Waals surface area contributed by atoms with E-state index < -0.39 is 73.7 Å². The molecule has 2 aliphatic heterocycles. The molecule has 2 aliphatic rings. The number of hydrogen-bond acceptors (Lipinski definition) is 10. The van der Waals surface area contributed by atoms with E-state index in [1.54, 1.807) is 13.8 Å². The van der Waals surface area contributed by atoms with Gasteiger partial charge in [0.25, 0.3) is 0 Å². The normalized spacial score (nSPS) is 38.2. The molecule has 11 nitrogen and oxygen atoms in total. The topological polar surface area (TPSA) is 178 Å². The SMILES string of the molecule is C=C(C)N[C@@H]1C(C)OC(CO)C(O)C1OC1OC(C(=O)O)C(O)[C@H](O)[C@@H]1O.CCC.CCC. The van der Waals surface area contributed by atoms with Gasteiger partial charge in [-0.2, -0.15) is 0 Å². The molecule has 2 heterocycles. The Bertz CT molecular complexity index is 575. The highest BCUT2D eigenvalue weighted by Gasteiger charge is 2.51. The summed E-state index contributed by atoms with van der Waals surface area (Å²) in [5, 5.41) is 61.8. The van der Waals surface area contributed by atoms with Gasteiger partial charge < -0.3 is 50.2 Å². The van der Waals surface area contributed by atoms with Crippen LogP contribution in [0.25, 0.3) is 0 Å². The van der Waals surface area contributed by atoms with Gasteiger partial charge in [0.05, 0.1) is 18.8 Å². The molecule has 0 amide bonds. The Balaban J connectivity index is 0.00000154. The minimum atomic E-state index is -1.86. The summed E-state index contributed by atoms with van der Waals surface area (Å²) in [5.41, 5.74) is 0.530. The van der Waals surface area contributed by atoms with Crippen molar-refractivity contribution in [2.45, 2.75) is 116 Å². The first kappa shape index (κ1) is 31.7. The molecule has 10 atom stereocenters. The number of hydrogen-bond donors (Lipinski definition) is 7. The highest BCUT2D eigenvalue weighted by molar-refractivity contribution is 5.73. The van der Waals surface area contributed by atoms with Crippen LogP contribution in [0.2, 0.25) is 0 Å². The van der Waals surface area contributed by atoms with Gasteiger partial charge in [0.15, 0.2) is 12.4 Å². The van der Waals surface area contributed by atoms with Gasteiger partial charge in [-0.15, -0.1) is 0 Å². The van der Waals surface area contributed by atoms with E-state index in [-0.39, 0.29) is 0 Å². The second-order valence-electron chi connectivity index (χ2n) is 8.25. The number of carboxylic acid groups (broad SMARTS) is 1. The molecule has 0 saturated carbocycles. The molecule has 0 aromatic rings. The maximum Gasteiger partial charge on any atom is 0.335 e. The molecule has 0 aromatic carbocycles. The predicted molar refractivity (Wildman–Crippen MR) is 120 cm³/mol. The van der Waals surface area contributed by atoms with Gasteiger partial charge in [0, 0.05) is 5.70 Å². The average molecular weight is 482 g/mol. The molecule has 2 saturated heterocycles. The number of ether oxygens (including phenoxy) is 3. The van der Waals surface area contributed by atoms with Crippen LogP contribution in [-0.4, -0.2) is 104 Å². The molecule has 0 spiro atoms. The number of aliphatic hydroxyl groups excluding tert-OH is 5. The van der Waals surface area contributed by atoms with Gasteiger partial charge in [0.2, 0.25) is 0 Å². The summed E-state index contributed by atoms with van der Waals surface area (Å²) in [7, 11) is 0. The van der Waals surface area contributed by atoms with Crippen LogP contribution in [0.1, 0.15) is 54.4 Å². The summed E-state index contributed by atoms with van der Waals surface area (Å²) < 4.78 is 16.3. The minimum Gasteiger partial charge on any atom is -0.479 e. The van der Waals surface area contributed by atoms with Crippen LogP contribution in [0.5, 0.6) is 0 Å². The summed E-state index contributed by atoms with van der Waals surface area (Å²) in [6, 6.07) is -0.677. The number of carboxylic acids is 1. The van der Waals surface area contributed by atoms with Crippen molar-refractivity contribution in [3.63, 3.8) is 0 Å². The van der Waals surface area contributed by atoms with Crippen LogP contribution in [-0.2, 0) is 19.0 Å². The fraction of sp³-hybridized carbons (Fsp3) is 0.864. The Hall–Kier alpha value is -1.31. The van der Waals surface area contributed by atoms with E-state index in [0.29, 0.717) is 5.70 Å². The largest absolute Gasteiger partial charge is 0.479 e. The molecule has 0 aliphatic carbocycles. The molecule has 0 aromatic heterocycles. The van der Waals surface area contributed by atoms with Gasteiger partial charge >= 0.3 is 5.97 Å².